The number of hydrogen-bond donors (Lipinski definition) is 1. The molecule has 5 heteroatoms. The van der Waals surface area contributed by atoms with Gasteiger partial charge in [0.1, 0.15) is 0 Å². The zero-order valence-corrected chi connectivity index (χ0v) is 16.6. The third-order valence-corrected chi connectivity index (χ3v) is 4.62. The SMILES string of the molecule is COc1ccc(CNC(=O)CN(C)Cc2ccc3ccccc3c2)cc1OC. The molecule has 0 unspecified atom stereocenters. The van der Waals surface area contributed by atoms with Gasteiger partial charge in [-0.25, -0.2) is 0 Å². The average molecular weight is 378 g/mol. The summed E-state index contributed by atoms with van der Waals surface area (Å²) in [6, 6.07) is 20.3. The Bertz CT molecular complexity index is 955. The normalized spacial score (nSPS) is 10.9. The lowest BCUT2D eigenvalue weighted by Crippen LogP contribution is -2.34. The van der Waals surface area contributed by atoms with Crippen LogP contribution in [-0.2, 0) is 17.9 Å². The first-order chi connectivity index (χ1) is 13.6. The smallest absolute Gasteiger partial charge is 0.234 e. The van der Waals surface area contributed by atoms with Crippen molar-refractivity contribution in [1.29, 1.82) is 0 Å². The molecule has 0 saturated carbocycles. The fourth-order valence-electron chi connectivity index (χ4n) is 3.20. The van der Waals surface area contributed by atoms with Gasteiger partial charge in [0.15, 0.2) is 11.5 Å². The van der Waals surface area contributed by atoms with Crippen molar-refractivity contribution in [2.24, 2.45) is 0 Å². The number of nitrogens with one attached hydrogen (secondary N) is 1. The molecule has 0 aliphatic rings. The number of rotatable bonds is 8. The van der Waals surface area contributed by atoms with E-state index in [1.165, 1.54) is 16.3 Å². The van der Waals surface area contributed by atoms with Gasteiger partial charge >= 0.3 is 0 Å². The summed E-state index contributed by atoms with van der Waals surface area (Å²) >= 11 is 0. The van der Waals surface area contributed by atoms with Gasteiger partial charge in [0.25, 0.3) is 0 Å². The van der Waals surface area contributed by atoms with E-state index in [-0.39, 0.29) is 5.91 Å². The van der Waals surface area contributed by atoms with Crippen molar-refractivity contribution in [3.63, 3.8) is 0 Å². The fourth-order valence-corrected chi connectivity index (χ4v) is 3.20. The van der Waals surface area contributed by atoms with Crippen LogP contribution in [0.2, 0.25) is 0 Å². The highest BCUT2D eigenvalue weighted by molar-refractivity contribution is 5.83. The molecule has 0 spiro atoms. The van der Waals surface area contributed by atoms with E-state index in [1.807, 2.05) is 42.3 Å². The number of ether oxygens (including phenoxy) is 2. The summed E-state index contributed by atoms with van der Waals surface area (Å²) in [5.74, 6) is 1.31. The molecule has 1 amide bonds. The minimum Gasteiger partial charge on any atom is -0.493 e. The van der Waals surface area contributed by atoms with Crippen LogP contribution >= 0.6 is 0 Å². The number of hydrogen-bond acceptors (Lipinski definition) is 4. The van der Waals surface area contributed by atoms with Gasteiger partial charge in [-0.2, -0.15) is 0 Å². The highest BCUT2D eigenvalue weighted by Crippen LogP contribution is 2.27. The van der Waals surface area contributed by atoms with Crippen molar-refractivity contribution in [2.45, 2.75) is 13.1 Å². The molecule has 3 aromatic carbocycles. The van der Waals surface area contributed by atoms with Crippen LogP contribution in [0.5, 0.6) is 11.5 Å². The van der Waals surface area contributed by atoms with E-state index in [1.54, 1.807) is 14.2 Å². The summed E-state index contributed by atoms with van der Waals surface area (Å²) in [7, 11) is 5.15. The Balaban J connectivity index is 1.52. The molecular weight excluding hydrogens is 352 g/mol. The Labute approximate surface area is 165 Å². The maximum absolute atomic E-state index is 12.3. The van der Waals surface area contributed by atoms with E-state index in [4.69, 9.17) is 9.47 Å². The van der Waals surface area contributed by atoms with E-state index in [0.29, 0.717) is 31.1 Å². The van der Waals surface area contributed by atoms with Crippen LogP contribution in [0.1, 0.15) is 11.1 Å². The number of methoxy groups -OCH3 is 2. The van der Waals surface area contributed by atoms with E-state index in [9.17, 15) is 4.79 Å². The minimum atomic E-state index is -0.0157. The second-order valence-electron chi connectivity index (χ2n) is 6.82. The number of carbonyl (C=O) groups excluding carboxylic acids is 1. The predicted molar refractivity (Wildman–Crippen MR) is 112 cm³/mol. The highest BCUT2D eigenvalue weighted by atomic mass is 16.5. The van der Waals surface area contributed by atoms with Gasteiger partial charge in [-0.3, -0.25) is 9.69 Å². The number of amides is 1. The zero-order chi connectivity index (χ0) is 19.9. The summed E-state index contributed by atoms with van der Waals surface area (Å²) in [5, 5.41) is 5.39. The molecule has 28 heavy (non-hydrogen) atoms. The Kier molecular flexibility index (Phi) is 6.50. The molecule has 0 aromatic heterocycles. The fraction of sp³-hybridized carbons (Fsp3) is 0.261. The summed E-state index contributed by atoms with van der Waals surface area (Å²) < 4.78 is 10.5. The topological polar surface area (TPSA) is 50.8 Å². The van der Waals surface area contributed by atoms with Crippen LogP contribution < -0.4 is 14.8 Å². The molecule has 0 radical (unpaired) electrons. The van der Waals surface area contributed by atoms with Gasteiger partial charge < -0.3 is 14.8 Å². The van der Waals surface area contributed by atoms with Gasteiger partial charge in [-0.05, 0) is 47.1 Å². The number of nitrogens with zero attached hydrogens (tertiary/aromatic N) is 1. The van der Waals surface area contributed by atoms with Crippen LogP contribution in [0.4, 0.5) is 0 Å². The van der Waals surface area contributed by atoms with Crippen molar-refractivity contribution in [2.75, 3.05) is 27.8 Å². The number of carbonyl (C=O) groups is 1. The molecule has 1 N–H and O–H groups in total. The molecule has 0 aliphatic carbocycles. The molecule has 0 fully saturated rings. The van der Waals surface area contributed by atoms with Crippen LogP contribution in [0.25, 0.3) is 10.8 Å². The Morgan fingerprint density at radius 2 is 1.61 bits per heavy atom. The second kappa shape index (κ2) is 9.24. The summed E-state index contributed by atoms with van der Waals surface area (Å²) in [6.07, 6.45) is 0. The van der Waals surface area contributed by atoms with E-state index in [2.05, 4.69) is 35.6 Å². The maximum Gasteiger partial charge on any atom is 0.234 e. The average Bonchev–Trinajstić information content (AvgIpc) is 2.71. The quantitative estimate of drug-likeness (QED) is 0.651. The van der Waals surface area contributed by atoms with Crippen molar-refractivity contribution < 1.29 is 14.3 Å². The van der Waals surface area contributed by atoms with Gasteiger partial charge in [0.2, 0.25) is 5.91 Å². The van der Waals surface area contributed by atoms with Crippen molar-refractivity contribution in [3.8, 4) is 11.5 Å². The Morgan fingerprint density at radius 3 is 2.36 bits per heavy atom. The molecule has 0 atom stereocenters. The van der Waals surface area contributed by atoms with Gasteiger partial charge in [-0.15, -0.1) is 0 Å². The number of likely N-dealkylation sites (N-methyl/N-ethyl adjacent to an activating group) is 1. The standard InChI is InChI=1S/C23H26N2O3/c1-25(15-18-8-10-19-6-4-5-7-20(19)12-18)16-23(26)24-14-17-9-11-21(27-2)22(13-17)28-3/h4-13H,14-16H2,1-3H3,(H,24,26). The van der Waals surface area contributed by atoms with E-state index < -0.39 is 0 Å². The first kappa shape index (κ1) is 19.7. The minimum absolute atomic E-state index is 0.0157. The van der Waals surface area contributed by atoms with Gasteiger partial charge in [0, 0.05) is 13.1 Å². The summed E-state index contributed by atoms with van der Waals surface area (Å²) in [4.78, 5) is 14.3. The molecule has 146 valence electrons. The van der Waals surface area contributed by atoms with Gasteiger partial charge in [0.05, 0.1) is 20.8 Å². The van der Waals surface area contributed by atoms with E-state index in [0.717, 1.165) is 5.56 Å². The molecule has 3 aromatic rings. The molecule has 0 bridgehead atoms. The summed E-state index contributed by atoms with van der Waals surface area (Å²) in [5.41, 5.74) is 2.15. The third kappa shape index (κ3) is 5.02. The predicted octanol–water partition coefficient (Wildman–Crippen LogP) is 3.61. The van der Waals surface area contributed by atoms with Crippen molar-refractivity contribution in [1.82, 2.24) is 10.2 Å². The van der Waals surface area contributed by atoms with Crippen LogP contribution in [-0.4, -0.2) is 38.6 Å². The molecule has 0 aliphatic heterocycles. The van der Waals surface area contributed by atoms with Gasteiger partial charge in [-0.1, -0.05) is 42.5 Å². The highest BCUT2D eigenvalue weighted by Gasteiger charge is 2.09. The first-order valence-corrected chi connectivity index (χ1v) is 9.23. The second-order valence-corrected chi connectivity index (χ2v) is 6.82. The largest absolute Gasteiger partial charge is 0.493 e. The first-order valence-electron chi connectivity index (χ1n) is 9.23. The molecule has 0 heterocycles. The number of fused-ring (bicyclic) bond motifs is 1. The third-order valence-electron chi connectivity index (χ3n) is 4.62. The lowest BCUT2D eigenvalue weighted by atomic mass is 10.1. The molecule has 0 saturated heterocycles. The zero-order valence-electron chi connectivity index (χ0n) is 16.6. The van der Waals surface area contributed by atoms with Crippen LogP contribution in [0.15, 0.2) is 60.7 Å². The Hall–Kier alpha value is -3.05. The summed E-state index contributed by atoms with van der Waals surface area (Å²) in [6.45, 7) is 1.50. The lowest BCUT2D eigenvalue weighted by molar-refractivity contribution is -0.122. The van der Waals surface area contributed by atoms with Crippen molar-refractivity contribution in [3.05, 3.63) is 71.8 Å². The lowest BCUT2D eigenvalue weighted by Gasteiger charge is -2.17. The maximum atomic E-state index is 12.3. The van der Waals surface area contributed by atoms with Crippen LogP contribution in [0.3, 0.4) is 0 Å². The van der Waals surface area contributed by atoms with E-state index >= 15 is 0 Å². The van der Waals surface area contributed by atoms with Crippen LogP contribution in [0, 0.1) is 0 Å². The molecule has 5 nitrogen and oxygen atoms in total. The molecule has 3 rings (SSSR count). The van der Waals surface area contributed by atoms with Crippen molar-refractivity contribution >= 4 is 16.7 Å². The molecular formula is C23H26N2O3. The monoisotopic (exact) mass is 378 g/mol. The Morgan fingerprint density at radius 1 is 0.893 bits per heavy atom. The number of benzene rings is 3.